The van der Waals surface area contributed by atoms with Crippen molar-refractivity contribution < 1.29 is 14.3 Å². The molecule has 3 aromatic carbocycles. The first-order valence-corrected chi connectivity index (χ1v) is 11.4. The van der Waals surface area contributed by atoms with Crippen LogP contribution in [-0.2, 0) is 19.3 Å². The Labute approximate surface area is 198 Å². The van der Waals surface area contributed by atoms with Crippen molar-refractivity contribution >= 4 is 5.91 Å². The Kier molecular flexibility index (Phi) is 6.04. The third-order valence-corrected chi connectivity index (χ3v) is 6.37. The van der Waals surface area contributed by atoms with Gasteiger partial charge in [0.15, 0.2) is 0 Å². The predicted octanol–water partition coefficient (Wildman–Crippen LogP) is 4.83. The summed E-state index contributed by atoms with van der Waals surface area (Å²) < 4.78 is 10.5. The van der Waals surface area contributed by atoms with Crippen LogP contribution in [0.2, 0.25) is 0 Å². The molecule has 6 heteroatoms. The maximum Gasteiger partial charge on any atom is 0.251 e. The van der Waals surface area contributed by atoms with Crippen LogP contribution in [0.25, 0.3) is 22.5 Å². The number of aromatic amines is 1. The highest BCUT2D eigenvalue weighted by Crippen LogP contribution is 2.38. The zero-order valence-electron chi connectivity index (χ0n) is 19.4. The van der Waals surface area contributed by atoms with Crippen molar-refractivity contribution in [3.8, 4) is 34.0 Å². The summed E-state index contributed by atoms with van der Waals surface area (Å²) in [4.78, 5) is 12.6. The van der Waals surface area contributed by atoms with Crippen molar-refractivity contribution in [3.05, 3.63) is 89.0 Å². The van der Waals surface area contributed by atoms with Gasteiger partial charge < -0.3 is 14.8 Å². The fourth-order valence-corrected chi connectivity index (χ4v) is 4.47. The number of ether oxygens (including phenoxy) is 2. The summed E-state index contributed by atoms with van der Waals surface area (Å²) in [5.41, 5.74) is 8.47. The lowest BCUT2D eigenvalue weighted by Crippen LogP contribution is -2.25. The fourth-order valence-electron chi connectivity index (χ4n) is 4.47. The van der Waals surface area contributed by atoms with Gasteiger partial charge in [-0.15, -0.1) is 0 Å². The van der Waals surface area contributed by atoms with Gasteiger partial charge in [0.25, 0.3) is 5.91 Å². The van der Waals surface area contributed by atoms with E-state index in [1.807, 2.05) is 54.6 Å². The Hall–Kier alpha value is -4.06. The lowest BCUT2D eigenvalue weighted by molar-refractivity contribution is 0.0954. The number of aromatic nitrogens is 2. The van der Waals surface area contributed by atoms with Crippen molar-refractivity contribution in [3.63, 3.8) is 0 Å². The van der Waals surface area contributed by atoms with Gasteiger partial charge in [-0.3, -0.25) is 9.89 Å². The molecule has 2 N–H and O–H groups in total. The zero-order chi connectivity index (χ0) is 23.5. The number of H-pyrrole nitrogens is 1. The summed E-state index contributed by atoms with van der Waals surface area (Å²) in [7, 11) is 3.34. The van der Waals surface area contributed by atoms with Crippen LogP contribution in [0.15, 0.2) is 66.7 Å². The molecule has 1 amide bonds. The van der Waals surface area contributed by atoms with Crippen LogP contribution in [0, 0.1) is 0 Å². The van der Waals surface area contributed by atoms with Gasteiger partial charge in [0.2, 0.25) is 0 Å². The van der Waals surface area contributed by atoms with Gasteiger partial charge in [0.05, 0.1) is 25.6 Å². The number of carbonyl (C=O) groups excluding carboxylic acids is 1. The van der Waals surface area contributed by atoms with E-state index in [1.54, 1.807) is 14.2 Å². The molecule has 6 nitrogen and oxygen atoms in total. The molecule has 0 saturated heterocycles. The average Bonchev–Trinajstić information content (AvgIpc) is 3.33. The van der Waals surface area contributed by atoms with E-state index in [9.17, 15) is 4.79 Å². The maximum absolute atomic E-state index is 12.6. The molecular formula is C28H27N3O3. The van der Waals surface area contributed by atoms with Crippen molar-refractivity contribution in [2.75, 3.05) is 20.8 Å². The first-order chi connectivity index (χ1) is 16.7. The molecule has 1 aliphatic rings. The SMILES string of the molecule is COc1ccc(CCNC(=O)c2ccc(-c3n[nH]c4c3CCc3cc(OC)ccc3-4)cc2)cc1. The van der Waals surface area contributed by atoms with Gasteiger partial charge in [-0.05, 0) is 72.9 Å². The third-order valence-electron chi connectivity index (χ3n) is 6.37. The minimum absolute atomic E-state index is 0.0769. The number of rotatable bonds is 7. The number of aryl methyl sites for hydroxylation is 1. The Balaban J connectivity index is 1.25. The summed E-state index contributed by atoms with van der Waals surface area (Å²) in [5, 5.41) is 10.8. The second-order valence-corrected chi connectivity index (χ2v) is 8.38. The van der Waals surface area contributed by atoms with E-state index in [0.717, 1.165) is 53.3 Å². The molecule has 0 fully saturated rings. The molecule has 5 rings (SSSR count). The maximum atomic E-state index is 12.6. The van der Waals surface area contributed by atoms with E-state index >= 15 is 0 Å². The van der Waals surface area contributed by atoms with Gasteiger partial charge in [-0.1, -0.05) is 24.3 Å². The standard InChI is InChI=1S/C28H27N3O3/c1-33-22-10-3-18(4-11-22)15-16-29-28(32)20-7-5-19(6-8-20)26-25-13-9-21-17-23(34-2)12-14-24(21)27(25)31-30-26/h3-8,10-12,14,17H,9,13,15-16H2,1-2H3,(H,29,32)(H,30,31). The summed E-state index contributed by atoms with van der Waals surface area (Å²) in [6, 6.07) is 21.7. The molecule has 0 unspecified atom stereocenters. The Morgan fingerprint density at radius 2 is 1.68 bits per heavy atom. The first-order valence-electron chi connectivity index (χ1n) is 11.4. The van der Waals surface area contributed by atoms with Crippen molar-refractivity contribution in [1.82, 2.24) is 15.5 Å². The molecule has 172 valence electrons. The van der Waals surface area contributed by atoms with E-state index < -0.39 is 0 Å². The highest BCUT2D eigenvalue weighted by Gasteiger charge is 2.23. The number of benzene rings is 3. The van der Waals surface area contributed by atoms with E-state index in [1.165, 1.54) is 16.7 Å². The molecule has 0 radical (unpaired) electrons. The van der Waals surface area contributed by atoms with E-state index in [2.05, 4.69) is 27.6 Å². The molecule has 1 aromatic heterocycles. The molecule has 1 aliphatic carbocycles. The summed E-state index contributed by atoms with van der Waals surface area (Å²) in [5.74, 6) is 1.63. The number of methoxy groups -OCH3 is 2. The van der Waals surface area contributed by atoms with Crippen LogP contribution in [0.1, 0.15) is 27.0 Å². The quantitative estimate of drug-likeness (QED) is 0.420. The minimum atomic E-state index is -0.0769. The number of hydrogen-bond acceptors (Lipinski definition) is 4. The van der Waals surface area contributed by atoms with Gasteiger partial charge in [0.1, 0.15) is 11.5 Å². The second kappa shape index (κ2) is 9.43. The summed E-state index contributed by atoms with van der Waals surface area (Å²) >= 11 is 0. The lowest BCUT2D eigenvalue weighted by Gasteiger charge is -2.17. The van der Waals surface area contributed by atoms with Crippen molar-refractivity contribution in [1.29, 1.82) is 0 Å². The van der Waals surface area contributed by atoms with Gasteiger partial charge in [-0.25, -0.2) is 0 Å². The first kappa shape index (κ1) is 21.8. The molecular weight excluding hydrogens is 426 g/mol. The smallest absolute Gasteiger partial charge is 0.251 e. The molecule has 0 aliphatic heterocycles. The molecule has 1 heterocycles. The molecule has 0 atom stereocenters. The highest BCUT2D eigenvalue weighted by molar-refractivity contribution is 5.94. The van der Waals surface area contributed by atoms with Crippen LogP contribution in [-0.4, -0.2) is 36.9 Å². The Bertz CT molecular complexity index is 1310. The Morgan fingerprint density at radius 1 is 0.941 bits per heavy atom. The van der Waals surface area contributed by atoms with Crippen LogP contribution in [0.5, 0.6) is 11.5 Å². The zero-order valence-corrected chi connectivity index (χ0v) is 19.4. The van der Waals surface area contributed by atoms with Crippen molar-refractivity contribution in [2.24, 2.45) is 0 Å². The number of nitrogens with zero attached hydrogens (tertiary/aromatic N) is 1. The number of nitrogens with one attached hydrogen (secondary N) is 2. The van der Waals surface area contributed by atoms with Crippen molar-refractivity contribution in [2.45, 2.75) is 19.3 Å². The highest BCUT2D eigenvalue weighted by atomic mass is 16.5. The monoisotopic (exact) mass is 453 g/mol. The van der Waals surface area contributed by atoms with Gasteiger partial charge in [-0.2, -0.15) is 5.10 Å². The van der Waals surface area contributed by atoms with Crippen LogP contribution in [0.4, 0.5) is 0 Å². The number of amides is 1. The van der Waals surface area contributed by atoms with E-state index in [0.29, 0.717) is 12.1 Å². The molecule has 0 saturated carbocycles. The summed E-state index contributed by atoms with van der Waals surface area (Å²) in [6.45, 7) is 0.573. The van der Waals surface area contributed by atoms with E-state index in [4.69, 9.17) is 9.47 Å². The average molecular weight is 454 g/mol. The minimum Gasteiger partial charge on any atom is -0.497 e. The molecule has 0 spiro atoms. The lowest BCUT2D eigenvalue weighted by atomic mass is 9.87. The van der Waals surface area contributed by atoms with Gasteiger partial charge in [0, 0.05) is 28.8 Å². The topological polar surface area (TPSA) is 76.2 Å². The predicted molar refractivity (Wildman–Crippen MR) is 132 cm³/mol. The number of carbonyl (C=O) groups is 1. The normalized spacial score (nSPS) is 11.9. The number of hydrogen-bond donors (Lipinski definition) is 2. The molecule has 0 bridgehead atoms. The van der Waals surface area contributed by atoms with Crippen LogP contribution < -0.4 is 14.8 Å². The van der Waals surface area contributed by atoms with Gasteiger partial charge >= 0.3 is 0 Å². The summed E-state index contributed by atoms with van der Waals surface area (Å²) in [6.07, 6.45) is 2.62. The largest absolute Gasteiger partial charge is 0.497 e. The molecule has 34 heavy (non-hydrogen) atoms. The Morgan fingerprint density at radius 3 is 2.41 bits per heavy atom. The second-order valence-electron chi connectivity index (χ2n) is 8.38. The fraction of sp³-hybridized carbons (Fsp3) is 0.214. The van der Waals surface area contributed by atoms with Crippen LogP contribution >= 0.6 is 0 Å². The molecule has 4 aromatic rings. The van der Waals surface area contributed by atoms with E-state index in [-0.39, 0.29) is 5.91 Å². The van der Waals surface area contributed by atoms with Crippen LogP contribution in [0.3, 0.4) is 0 Å². The number of fused-ring (bicyclic) bond motifs is 3. The third kappa shape index (κ3) is 4.27.